The monoisotopic (exact) mass is 187 g/mol. The van der Waals surface area contributed by atoms with Crippen molar-refractivity contribution < 1.29 is 13.9 Å². The number of hydrogen-bond donors (Lipinski definition) is 2. The Hall–Kier alpha value is -1.16. The summed E-state index contributed by atoms with van der Waals surface area (Å²) in [7, 11) is 1.46. The number of nitrogens with one attached hydrogen (secondary N) is 1. The first-order valence-corrected chi connectivity index (χ1v) is 3.88. The minimum absolute atomic E-state index is 0.145. The lowest BCUT2D eigenvalue weighted by molar-refractivity contribution is -0.00144. The van der Waals surface area contributed by atoms with Crippen LogP contribution >= 0.6 is 0 Å². The van der Waals surface area contributed by atoms with Crippen LogP contribution in [0.2, 0.25) is 0 Å². The standard InChI is InChI=1S/C9H11F2NO/c1-12-6-9(10,11)7-3-2-4-8(13)5-7/h2-5,12-13H,6H2,1H3. The molecule has 0 aliphatic heterocycles. The Morgan fingerprint density at radius 3 is 2.69 bits per heavy atom. The molecule has 0 saturated heterocycles. The molecule has 0 fully saturated rings. The first-order valence-electron chi connectivity index (χ1n) is 3.88. The molecule has 0 aromatic heterocycles. The number of alkyl halides is 2. The van der Waals surface area contributed by atoms with Gasteiger partial charge in [0.1, 0.15) is 5.75 Å². The Kier molecular flexibility index (Phi) is 2.83. The highest BCUT2D eigenvalue weighted by Crippen LogP contribution is 2.28. The normalized spacial score (nSPS) is 11.6. The average molecular weight is 187 g/mol. The molecule has 4 heteroatoms. The second kappa shape index (κ2) is 3.70. The van der Waals surface area contributed by atoms with Gasteiger partial charge in [-0.3, -0.25) is 0 Å². The lowest BCUT2D eigenvalue weighted by atomic mass is 10.1. The summed E-state index contributed by atoms with van der Waals surface area (Å²) in [5.74, 6) is -3.08. The van der Waals surface area contributed by atoms with Gasteiger partial charge in [0.15, 0.2) is 0 Å². The number of aromatic hydroxyl groups is 1. The molecule has 1 aromatic rings. The van der Waals surface area contributed by atoms with Crippen LogP contribution < -0.4 is 5.32 Å². The number of phenolic OH excluding ortho intramolecular Hbond substituents is 1. The summed E-state index contributed by atoms with van der Waals surface area (Å²) in [5, 5.41) is 11.4. The molecule has 0 unspecified atom stereocenters. The van der Waals surface area contributed by atoms with Crippen molar-refractivity contribution in [2.75, 3.05) is 13.6 Å². The van der Waals surface area contributed by atoms with Crippen molar-refractivity contribution in [3.8, 4) is 5.75 Å². The topological polar surface area (TPSA) is 32.3 Å². The molecule has 0 aliphatic carbocycles. The van der Waals surface area contributed by atoms with Crippen molar-refractivity contribution in [2.24, 2.45) is 0 Å². The van der Waals surface area contributed by atoms with Gasteiger partial charge in [-0.1, -0.05) is 12.1 Å². The fourth-order valence-electron chi connectivity index (χ4n) is 1.06. The van der Waals surface area contributed by atoms with Crippen LogP contribution in [-0.2, 0) is 5.92 Å². The summed E-state index contributed by atoms with van der Waals surface area (Å²) in [5.41, 5.74) is -0.179. The lowest BCUT2D eigenvalue weighted by Crippen LogP contribution is -2.27. The molecule has 1 aromatic carbocycles. The predicted molar refractivity (Wildman–Crippen MR) is 45.9 cm³/mol. The zero-order valence-electron chi connectivity index (χ0n) is 7.22. The number of phenols is 1. The maximum absolute atomic E-state index is 13.2. The minimum Gasteiger partial charge on any atom is -0.508 e. The highest BCUT2D eigenvalue weighted by Gasteiger charge is 2.30. The van der Waals surface area contributed by atoms with Gasteiger partial charge in [0.25, 0.3) is 5.92 Å². The number of likely N-dealkylation sites (N-methyl/N-ethyl adjacent to an activating group) is 1. The summed E-state index contributed by atoms with van der Waals surface area (Å²) in [6.45, 7) is -0.434. The van der Waals surface area contributed by atoms with Crippen LogP contribution in [0.5, 0.6) is 5.75 Å². The van der Waals surface area contributed by atoms with Crippen LogP contribution in [0, 0.1) is 0 Å². The molecule has 0 radical (unpaired) electrons. The van der Waals surface area contributed by atoms with Gasteiger partial charge in [0, 0.05) is 5.56 Å². The summed E-state index contributed by atoms with van der Waals surface area (Å²) in [6, 6.07) is 5.11. The van der Waals surface area contributed by atoms with Crippen LogP contribution in [0.1, 0.15) is 5.56 Å². The second-order valence-corrected chi connectivity index (χ2v) is 2.79. The molecule has 2 N–H and O–H groups in total. The molecule has 1 rings (SSSR count). The molecular formula is C9H11F2NO. The third-order valence-corrected chi connectivity index (χ3v) is 1.67. The van der Waals surface area contributed by atoms with E-state index in [0.29, 0.717) is 0 Å². The molecular weight excluding hydrogens is 176 g/mol. The van der Waals surface area contributed by atoms with Gasteiger partial charge in [-0.05, 0) is 19.2 Å². The van der Waals surface area contributed by atoms with Gasteiger partial charge in [-0.2, -0.15) is 8.78 Å². The van der Waals surface area contributed by atoms with Gasteiger partial charge in [-0.15, -0.1) is 0 Å². The van der Waals surface area contributed by atoms with E-state index < -0.39 is 12.5 Å². The molecule has 0 aliphatic rings. The fraction of sp³-hybridized carbons (Fsp3) is 0.333. The zero-order valence-corrected chi connectivity index (χ0v) is 7.22. The van der Waals surface area contributed by atoms with E-state index >= 15 is 0 Å². The van der Waals surface area contributed by atoms with E-state index in [0.717, 1.165) is 6.07 Å². The van der Waals surface area contributed by atoms with Crippen LogP contribution in [0.15, 0.2) is 24.3 Å². The summed E-state index contributed by atoms with van der Waals surface area (Å²) < 4.78 is 26.3. The molecule has 0 saturated carbocycles. The Bertz CT molecular complexity index is 289. The van der Waals surface area contributed by atoms with Crippen LogP contribution in [-0.4, -0.2) is 18.7 Å². The smallest absolute Gasteiger partial charge is 0.285 e. The van der Waals surface area contributed by atoms with Crippen LogP contribution in [0.25, 0.3) is 0 Å². The number of halogens is 2. The van der Waals surface area contributed by atoms with Gasteiger partial charge >= 0.3 is 0 Å². The second-order valence-electron chi connectivity index (χ2n) is 2.79. The number of hydrogen-bond acceptors (Lipinski definition) is 2. The zero-order chi connectivity index (χ0) is 9.90. The Morgan fingerprint density at radius 2 is 2.15 bits per heavy atom. The van der Waals surface area contributed by atoms with Crippen molar-refractivity contribution >= 4 is 0 Å². The van der Waals surface area contributed by atoms with E-state index in [4.69, 9.17) is 5.11 Å². The largest absolute Gasteiger partial charge is 0.508 e. The quantitative estimate of drug-likeness (QED) is 0.754. The van der Waals surface area contributed by atoms with Gasteiger partial charge in [0.2, 0.25) is 0 Å². The average Bonchev–Trinajstić information content (AvgIpc) is 2.04. The van der Waals surface area contributed by atoms with Crippen molar-refractivity contribution in [3.05, 3.63) is 29.8 Å². The first kappa shape index (κ1) is 9.92. The molecule has 2 nitrogen and oxygen atoms in total. The van der Waals surface area contributed by atoms with Crippen molar-refractivity contribution in [2.45, 2.75) is 5.92 Å². The first-order chi connectivity index (χ1) is 6.06. The van der Waals surface area contributed by atoms with E-state index in [1.807, 2.05) is 0 Å². The SMILES string of the molecule is CNCC(F)(F)c1cccc(O)c1. The van der Waals surface area contributed by atoms with E-state index in [2.05, 4.69) is 5.32 Å². The predicted octanol–water partition coefficient (Wildman–Crippen LogP) is 1.70. The van der Waals surface area contributed by atoms with Crippen molar-refractivity contribution in [1.82, 2.24) is 5.32 Å². The molecule has 0 bridgehead atoms. The fourth-order valence-corrected chi connectivity index (χ4v) is 1.06. The third-order valence-electron chi connectivity index (χ3n) is 1.67. The molecule has 0 amide bonds. The minimum atomic E-state index is -2.94. The van der Waals surface area contributed by atoms with E-state index in [9.17, 15) is 8.78 Å². The highest BCUT2D eigenvalue weighted by molar-refractivity contribution is 5.30. The molecule has 13 heavy (non-hydrogen) atoms. The molecule has 0 spiro atoms. The van der Waals surface area contributed by atoms with Crippen molar-refractivity contribution in [1.29, 1.82) is 0 Å². The van der Waals surface area contributed by atoms with Crippen molar-refractivity contribution in [3.63, 3.8) is 0 Å². The van der Waals surface area contributed by atoms with Crippen LogP contribution in [0.3, 0.4) is 0 Å². The van der Waals surface area contributed by atoms with Crippen LogP contribution in [0.4, 0.5) is 8.78 Å². The number of benzene rings is 1. The van der Waals surface area contributed by atoms with E-state index in [1.165, 1.54) is 25.2 Å². The Balaban J connectivity index is 2.93. The van der Waals surface area contributed by atoms with Gasteiger partial charge in [0.05, 0.1) is 6.54 Å². The number of rotatable bonds is 3. The maximum Gasteiger partial charge on any atom is 0.285 e. The Labute approximate surface area is 75.2 Å². The third kappa shape index (κ3) is 2.39. The Morgan fingerprint density at radius 1 is 1.46 bits per heavy atom. The lowest BCUT2D eigenvalue weighted by Gasteiger charge is -2.15. The highest BCUT2D eigenvalue weighted by atomic mass is 19.3. The summed E-state index contributed by atoms with van der Waals surface area (Å²) >= 11 is 0. The molecule has 72 valence electrons. The summed E-state index contributed by atoms with van der Waals surface area (Å²) in [6.07, 6.45) is 0. The molecule has 0 atom stereocenters. The van der Waals surface area contributed by atoms with E-state index in [1.54, 1.807) is 0 Å². The van der Waals surface area contributed by atoms with E-state index in [-0.39, 0.29) is 11.3 Å². The van der Waals surface area contributed by atoms with Gasteiger partial charge in [-0.25, -0.2) is 0 Å². The summed E-state index contributed by atoms with van der Waals surface area (Å²) in [4.78, 5) is 0. The maximum atomic E-state index is 13.2. The molecule has 0 heterocycles. The van der Waals surface area contributed by atoms with Gasteiger partial charge < -0.3 is 10.4 Å².